The van der Waals surface area contributed by atoms with E-state index in [9.17, 15) is 0 Å². The predicted molar refractivity (Wildman–Crippen MR) is 66.0 cm³/mol. The first-order valence-corrected chi connectivity index (χ1v) is 5.62. The van der Waals surface area contributed by atoms with Crippen molar-refractivity contribution in [3.63, 3.8) is 0 Å². The molecule has 0 spiro atoms. The largest absolute Gasteiger partial charge is 0.434 e. The average molecular weight is 232 g/mol. The molecule has 0 unspecified atom stereocenters. The van der Waals surface area contributed by atoms with Crippen LogP contribution >= 0.6 is 0 Å². The first-order valence-electron chi connectivity index (χ1n) is 5.62. The van der Waals surface area contributed by atoms with Gasteiger partial charge in [0, 0.05) is 12.2 Å². The minimum atomic E-state index is 0.432. The van der Waals surface area contributed by atoms with Crippen LogP contribution in [0.25, 0.3) is 0 Å². The lowest BCUT2D eigenvalue weighted by molar-refractivity contribution is 0.462. The van der Waals surface area contributed by atoms with E-state index in [-0.39, 0.29) is 0 Å². The van der Waals surface area contributed by atoms with E-state index in [1.54, 1.807) is 12.3 Å². The van der Waals surface area contributed by atoms with Gasteiger partial charge in [-0.2, -0.15) is 5.10 Å². The van der Waals surface area contributed by atoms with Crippen molar-refractivity contribution in [2.75, 3.05) is 5.73 Å². The normalized spacial score (nSPS) is 10.5. The summed E-state index contributed by atoms with van der Waals surface area (Å²) in [6.45, 7) is 4.87. The third kappa shape index (κ3) is 2.75. The van der Waals surface area contributed by atoms with E-state index < -0.39 is 0 Å². The van der Waals surface area contributed by atoms with E-state index in [1.165, 1.54) is 0 Å². The molecular weight excluding hydrogens is 216 g/mol. The molecule has 2 heterocycles. The molecule has 0 amide bonds. The minimum absolute atomic E-state index is 0.432. The van der Waals surface area contributed by atoms with Gasteiger partial charge in [-0.05, 0) is 25.5 Å². The van der Waals surface area contributed by atoms with Crippen molar-refractivity contribution in [1.29, 1.82) is 0 Å². The maximum atomic E-state index is 5.79. The molecule has 2 N–H and O–H groups in total. The highest BCUT2D eigenvalue weighted by Crippen LogP contribution is 2.24. The smallest absolute Gasteiger partial charge is 0.243 e. The second-order valence-corrected chi connectivity index (χ2v) is 3.89. The summed E-state index contributed by atoms with van der Waals surface area (Å²) >= 11 is 0. The van der Waals surface area contributed by atoms with Crippen molar-refractivity contribution in [3.8, 4) is 11.6 Å². The van der Waals surface area contributed by atoms with Gasteiger partial charge in [-0.15, -0.1) is 0 Å². The molecule has 2 aromatic rings. The maximum absolute atomic E-state index is 5.79. The molecule has 0 aliphatic carbocycles. The molecule has 0 saturated carbocycles. The number of nitrogens with two attached hydrogens (primary N) is 1. The number of ether oxygens (including phenoxy) is 1. The number of pyridine rings is 1. The number of rotatable bonds is 4. The molecule has 0 fully saturated rings. The quantitative estimate of drug-likeness (QED) is 0.878. The molecule has 0 aliphatic rings. The Morgan fingerprint density at radius 1 is 1.41 bits per heavy atom. The summed E-state index contributed by atoms with van der Waals surface area (Å²) in [7, 11) is 0. The fourth-order valence-electron chi connectivity index (χ4n) is 1.49. The number of nitrogen functional groups attached to an aromatic ring is 1. The molecule has 5 heteroatoms. The van der Waals surface area contributed by atoms with E-state index in [1.807, 2.05) is 23.9 Å². The summed E-state index contributed by atoms with van der Waals surface area (Å²) in [6, 6.07) is 3.64. The zero-order valence-electron chi connectivity index (χ0n) is 10.1. The molecule has 17 heavy (non-hydrogen) atoms. The topological polar surface area (TPSA) is 66.0 Å². The summed E-state index contributed by atoms with van der Waals surface area (Å²) in [5, 5.41) is 4.18. The zero-order valence-corrected chi connectivity index (χ0v) is 10.1. The minimum Gasteiger partial charge on any atom is -0.434 e. The first kappa shape index (κ1) is 11.4. The number of nitrogens with zero attached hydrogens (tertiary/aromatic N) is 3. The summed E-state index contributed by atoms with van der Waals surface area (Å²) in [5.74, 6) is 1.09. The molecule has 5 nitrogen and oxygen atoms in total. The summed E-state index contributed by atoms with van der Waals surface area (Å²) in [6.07, 6.45) is 4.54. The van der Waals surface area contributed by atoms with E-state index >= 15 is 0 Å². The lowest BCUT2D eigenvalue weighted by atomic mass is 10.3. The molecular formula is C12H16N4O. The van der Waals surface area contributed by atoms with Gasteiger partial charge in [0.25, 0.3) is 0 Å². The van der Waals surface area contributed by atoms with Gasteiger partial charge in [0.05, 0.1) is 18.1 Å². The van der Waals surface area contributed by atoms with Crippen LogP contribution in [0.1, 0.15) is 19.0 Å². The van der Waals surface area contributed by atoms with E-state index in [0.717, 1.165) is 18.7 Å². The fourth-order valence-corrected chi connectivity index (χ4v) is 1.49. The van der Waals surface area contributed by atoms with Crippen LogP contribution < -0.4 is 10.5 Å². The monoisotopic (exact) mass is 232 g/mol. The lowest BCUT2D eigenvalue weighted by Gasteiger charge is -2.05. The van der Waals surface area contributed by atoms with E-state index in [2.05, 4.69) is 17.0 Å². The number of hydrogen-bond acceptors (Lipinski definition) is 4. The average Bonchev–Trinajstić information content (AvgIpc) is 2.72. The van der Waals surface area contributed by atoms with Crippen LogP contribution in [0.4, 0.5) is 5.69 Å². The summed E-state index contributed by atoms with van der Waals surface area (Å²) in [5.41, 5.74) is 7.19. The Balaban J connectivity index is 2.16. The molecule has 0 aromatic carbocycles. The van der Waals surface area contributed by atoms with Crippen molar-refractivity contribution in [2.24, 2.45) is 0 Å². The Morgan fingerprint density at radius 2 is 2.24 bits per heavy atom. The van der Waals surface area contributed by atoms with Gasteiger partial charge in [-0.3, -0.25) is 4.68 Å². The van der Waals surface area contributed by atoms with Crippen LogP contribution in [0, 0.1) is 6.92 Å². The molecule has 0 saturated heterocycles. The zero-order chi connectivity index (χ0) is 12.3. The molecule has 2 aromatic heterocycles. The number of hydrogen-bond donors (Lipinski definition) is 1. The Labute approximate surface area is 100 Å². The molecule has 0 radical (unpaired) electrons. The third-order valence-electron chi connectivity index (χ3n) is 2.31. The standard InChI is InChI=1S/C12H16N4O/c1-3-6-16-8-10(7-14-16)17-12-11(13)5-4-9(2)15-12/h4-5,7-8H,3,6,13H2,1-2H3. The third-order valence-corrected chi connectivity index (χ3v) is 2.31. The number of aryl methyl sites for hydroxylation is 2. The van der Waals surface area contributed by atoms with Crippen LogP contribution in [-0.4, -0.2) is 14.8 Å². The van der Waals surface area contributed by atoms with Gasteiger partial charge in [-0.1, -0.05) is 6.92 Å². The van der Waals surface area contributed by atoms with Gasteiger partial charge in [-0.25, -0.2) is 4.98 Å². The maximum Gasteiger partial charge on any atom is 0.243 e. The number of anilines is 1. The van der Waals surface area contributed by atoms with Gasteiger partial charge < -0.3 is 10.5 Å². The first-order chi connectivity index (χ1) is 8.19. The van der Waals surface area contributed by atoms with Crippen molar-refractivity contribution < 1.29 is 4.74 Å². The highest BCUT2D eigenvalue weighted by molar-refractivity contribution is 5.49. The molecule has 90 valence electrons. The molecule has 0 atom stereocenters. The van der Waals surface area contributed by atoms with E-state index in [4.69, 9.17) is 10.5 Å². The second-order valence-electron chi connectivity index (χ2n) is 3.89. The van der Waals surface area contributed by atoms with Gasteiger partial charge in [0.2, 0.25) is 5.88 Å². The SMILES string of the molecule is CCCn1cc(Oc2nc(C)ccc2N)cn1. The Kier molecular flexibility index (Phi) is 3.27. The van der Waals surface area contributed by atoms with Crippen molar-refractivity contribution >= 4 is 5.69 Å². The van der Waals surface area contributed by atoms with Crippen LogP contribution in [0.5, 0.6) is 11.6 Å². The van der Waals surface area contributed by atoms with Gasteiger partial charge >= 0.3 is 0 Å². The Bertz CT molecular complexity index is 507. The predicted octanol–water partition coefficient (Wildman–Crippen LogP) is 2.37. The molecule has 0 aliphatic heterocycles. The van der Waals surface area contributed by atoms with E-state index in [0.29, 0.717) is 17.3 Å². The van der Waals surface area contributed by atoms with Gasteiger partial charge in [0.1, 0.15) is 0 Å². The van der Waals surface area contributed by atoms with Crippen molar-refractivity contribution in [3.05, 3.63) is 30.2 Å². The molecule has 2 rings (SSSR count). The van der Waals surface area contributed by atoms with Crippen LogP contribution in [0.3, 0.4) is 0 Å². The highest BCUT2D eigenvalue weighted by atomic mass is 16.5. The lowest BCUT2D eigenvalue weighted by Crippen LogP contribution is -1.97. The second kappa shape index (κ2) is 4.86. The van der Waals surface area contributed by atoms with Crippen LogP contribution in [0.2, 0.25) is 0 Å². The van der Waals surface area contributed by atoms with Crippen LogP contribution in [-0.2, 0) is 6.54 Å². The fraction of sp³-hybridized carbons (Fsp3) is 0.333. The Morgan fingerprint density at radius 3 is 3.00 bits per heavy atom. The van der Waals surface area contributed by atoms with Crippen molar-refractivity contribution in [2.45, 2.75) is 26.8 Å². The highest BCUT2D eigenvalue weighted by Gasteiger charge is 2.06. The molecule has 0 bridgehead atoms. The van der Waals surface area contributed by atoms with Crippen molar-refractivity contribution in [1.82, 2.24) is 14.8 Å². The van der Waals surface area contributed by atoms with Gasteiger partial charge in [0.15, 0.2) is 5.75 Å². The summed E-state index contributed by atoms with van der Waals surface area (Å²) < 4.78 is 7.43. The number of aromatic nitrogens is 3. The Hall–Kier alpha value is -2.04. The summed E-state index contributed by atoms with van der Waals surface area (Å²) in [4.78, 5) is 4.24. The van der Waals surface area contributed by atoms with Crippen LogP contribution in [0.15, 0.2) is 24.5 Å².